The maximum atomic E-state index is 11.8. The highest BCUT2D eigenvalue weighted by Crippen LogP contribution is 2.47. The van der Waals surface area contributed by atoms with Gasteiger partial charge in [-0.2, -0.15) is 13.2 Å². The lowest BCUT2D eigenvalue weighted by Crippen LogP contribution is -2.30. The molecule has 3 atom stereocenters. The highest BCUT2D eigenvalue weighted by Gasteiger charge is 2.38. The van der Waals surface area contributed by atoms with Crippen LogP contribution in [0.1, 0.15) is 25.7 Å². The maximum absolute atomic E-state index is 11.8. The molecule has 2 aliphatic carbocycles. The zero-order valence-electron chi connectivity index (χ0n) is 9.93. The fourth-order valence-corrected chi connectivity index (χ4v) is 3.25. The molecule has 0 aromatic carbocycles. The Morgan fingerprint density at radius 1 is 1.18 bits per heavy atom. The van der Waals surface area contributed by atoms with Crippen molar-refractivity contribution in [2.45, 2.75) is 31.9 Å². The number of hydrogen-bond acceptors (Lipinski definition) is 2. The van der Waals surface area contributed by atoms with Gasteiger partial charge in [-0.1, -0.05) is 6.42 Å². The Hall–Kier alpha value is -0.290. The van der Waals surface area contributed by atoms with E-state index in [0.717, 1.165) is 24.3 Å². The van der Waals surface area contributed by atoms with E-state index in [-0.39, 0.29) is 6.61 Å². The van der Waals surface area contributed by atoms with Crippen molar-refractivity contribution in [1.82, 2.24) is 5.32 Å². The largest absolute Gasteiger partial charge is 0.411 e. The molecule has 2 bridgehead atoms. The van der Waals surface area contributed by atoms with Gasteiger partial charge >= 0.3 is 6.18 Å². The third-order valence-corrected chi connectivity index (χ3v) is 3.98. The first-order valence-electron chi connectivity index (χ1n) is 6.40. The summed E-state index contributed by atoms with van der Waals surface area (Å²) in [5.41, 5.74) is 0. The van der Waals surface area contributed by atoms with Crippen molar-refractivity contribution in [3.05, 3.63) is 0 Å². The number of alkyl halides is 3. The molecular weight excluding hydrogens is 231 g/mol. The third kappa shape index (κ3) is 4.14. The van der Waals surface area contributed by atoms with E-state index in [9.17, 15) is 13.2 Å². The van der Waals surface area contributed by atoms with Crippen molar-refractivity contribution in [3.8, 4) is 0 Å². The van der Waals surface area contributed by atoms with E-state index in [2.05, 4.69) is 10.1 Å². The normalized spacial score (nSPS) is 32.3. The summed E-state index contributed by atoms with van der Waals surface area (Å²) in [6.45, 7) is 0.462. The van der Waals surface area contributed by atoms with Crippen molar-refractivity contribution in [1.29, 1.82) is 0 Å². The average molecular weight is 251 g/mol. The number of nitrogens with one attached hydrogen (secondary N) is 1. The molecule has 5 heteroatoms. The van der Waals surface area contributed by atoms with Gasteiger partial charge in [-0.25, -0.2) is 0 Å². The minimum atomic E-state index is -4.20. The van der Waals surface area contributed by atoms with E-state index in [1.165, 1.54) is 25.7 Å². The van der Waals surface area contributed by atoms with Crippen molar-refractivity contribution in [2.24, 2.45) is 17.8 Å². The van der Waals surface area contributed by atoms with Gasteiger partial charge in [0.2, 0.25) is 0 Å². The summed E-state index contributed by atoms with van der Waals surface area (Å²) in [4.78, 5) is 0. The predicted molar refractivity (Wildman–Crippen MR) is 58.7 cm³/mol. The van der Waals surface area contributed by atoms with Crippen LogP contribution in [0.4, 0.5) is 13.2 Å². The van der Waals surface area contributed by atoms with Gasteiger partial charge in [0.15, 0.2) is 0 Å². The second-order valence-corrected chi connectivity index (χ2v) is 5.31. The van der Waals surface area contributed by atoms with Crippen molar-refractivity contribution in [3.63, 3.8) is 0 Å². The smallest absolute Gasteiger partial charge is 0.371 e. The lowest BCUT2D eigenvalue weighted by atomic mass is 9.89. The molecule has 0 aliphatic heterocycles. The van der Waals surface area contributed by atoms with Gasteiger partial charge in [-0.05, 0) is 43.6 Å². The van der Waals surface area contributed by atoms with Crippen LogP contribution >= 0.6 is 0 Å². The fourth-order valence-electron chi connectivity index (χ4n) is 3.25. The first-order chi connectivity index (χ1) is 8.04. The van der Waals surface area contributed by atoms with Gasteiger partial charge in [0.1, 0.15) is 6.61 Å². The molecule has 2 fully saturated rings. The molecule has 0 heterocycles. The van der Waals surface area contributed by atoms with Crippen molar-refractivity contribution >= 4 is 0 Å². The Bertz CT molecular complexity index is 244. The lowest BCUT2D eigenvalue weighted by Gasteiger charge is -2.21. The van der Waals surface area contributed by atoms with Crippen LogP contribution in [0.2, 0.25) is 0 Å². The van der Waals surface area contributed by atoms with Crippen molar-refractivity contribution in [2.75, 3.05) is 26.3 Å². The molecule has 17 heavy (non-hydrogen) atoms. The molecule has 3 unspecified atom stereocenters. The molecule has 0 spiro atoms. The fraction of sp³-hybridized carbons (Fsp3) is 1.00. The minimum Gasteiger partial charge on any atom is -0.371 e. The van der Waals surface area contributed by atoms with E-state index >= 15 is 0 Å². The molecule has 0 aromatic rings. The Balaban J connectivity index is 1.47. The van der Waals surface area contributed by atoms with Gasteiger partial charge in [0.25, 0.3) is 0 Å². The van der Waals surface area contributed by atoms with E-state index in [1.807, 2.05) is 0 Å². The Morgan fingerprint density at radius 3 is 2.59 bits per heavy atom. The lowest BCUT2D eigenvalue weighted by molar-refractivity contribution is -0.173. The van der Waals surface area contributed by atoms with Crippen LogP contribution in [0.3, 0.4) is 0 Å². The molecule has 2 rings (SSSR count). The molecule has 2 nitrogen and oxygen atoms in total. The number of ether oxygens (including phenoxy) is 1. The molecule has 0 aromatic heterocycles. The van der Waals surface area contributed by atoms with Crippen LogP contribution in [0, 0.1) is 17.8 Å². The minimum absolute atomic E-state index is 0.139. The first kappa shape index (κ1) is 13.1. The van der Waals surface area contributed by atoms with Gasteiger partial charge in [-0.15, -0.1) is 0 Å². The van der Waals surface area contributed by atoms with Crippen molar-refractivity contribution < 1.29 is 17.9 Å². The van der Waals surface area contributed by atoms with Crippen LogP contribution in [0.5, 0.6) is 0 Å². The van der Waals surface area contributed by atoms with Gasteiger partial charge in [0, 0.05) is 6.54 Å². The summed E-state index contributed by atoms with van der Waals surface area (Å²) in [7, 11) is 0. The third-order valence-electron chi connectivity index (χ3n) is 3.98. The Labute approximate surface area is 99.9 Å². The van der Waals surface area contributed by atoms with E-state index in [1.54, 1.807) is 0 Å². The van der Waals surface area contributed by atoms with Crippen LogP contribution < -0.4 is 5.32 Å². The quantitative estimate of drug-likeness (QED) is 0.733. The summed E-state index contributed by atoms with van der Waals surface area (Å²) >= 11 is 0. The zero-order valence-corrected chi connectivity index (χ0v) is 9.93. The summed E-state index contributed by atoms with van der Waals surface area (Å²) in [5, 5.41) is 3.21. The van der Waals surface area contributed by atoms with E-state index in [0.29, 0.717) is 6.54 Å². The molecule has 100 valence electrons. The Morgan fingerprint density at radius 2 is 2.00 bits per heavy atom. The topological polar surface area (TPSA) is 21.3 Å². The van der Waals surface area contributed by atoms with E-state index < -0.39 is 12.8 Å². The van der Waals surface area contributed by atoms with Crippen LogP contribution in [0.15, 0.2) is 0 Å². The van der Waals surface area contributed by atoms with Gasteiger partial charge in [-0.3, -0.25) is 0 Å². The molecule has 0 saturated heterocycles. The van der Waals surface area contributed by atoms with Crippen LogP contribution in [-0.2, 0) is 4.74 Å². The summed E-state index contributed by atoms with van der Waals surface area (Å²) in [5.74, 6) is 2.54. The molecule has 2 aliphatic rings. The van der Waals surface area contributed by atoms with Crippen LogP contribution in [-0.4, -0.2) is 32.5 Å². The highest BCUT2D eigenvalue weighted by atomic mass is 19.4. The highest BCUT2D eigenvalue weighted by molar-refractivity contribution is 4.90. The molecule has 1 N–H and O–H groups in total. The second-order valence-electron chi connectivity index (χ2n) is 5.31. The first-order valence-corrected chi connectivity index (χ1v) is 6.40. The predicted octanol–water partition coefficient (Wildman–Crippen LogP) is 2.59. The number of fused-ring (bicyclic) bond motifs is 2. The zero-order chi connectivity index (χ0) is 12.3. The number of hydrogen-bond donors (Lipinski definition) is 1. The molecule has 2 saturated carbocycles. The summed E-state index contributed by atoms with van der Waals surface area (Å²) in [6.07, 6.45) is 1.21. The number of halogens is 3. The Kier molecular flexibility index (Phi) is 4.31. The summed E-state index contributed by atoms with van der Waals surface area (Å²) < 4.78 is 39.8. The summed E-state index contributed by atoms with van der Waals surface area (Å²) in [6, 6.07) is 0. The van der Waals surface area contributed by atoms with E-state index in [4.69, 9.17) is 0 Å². The molecular formula is C12H20F3NO. The number of rotatable bonds is 6. The SMILES string of the molecule is FC(F)(F)COCCNCC1CC2CCC1C2. The second kappa shape index (κ2) is 5.57. The standard InChI is InChI=1S/C12H20F3NO/c13-12(14,15)8-17-4-3-16-7-11-6-9-1-2-10(11)5-9/h9-11,16H,1-8H2. The maximum Gasteiger partial charge on any atom is 0.411 e. The van der Waals surface area contributed by atoms with Gasteiger partial charge in [0.05, 0.1) is 6.61 Å². The monoisotopic (exact) mass is 251 g/mol. The van der Waals surface area contributed by atoms with Gasteiger partial charge < -0.3 is 10.1 Å². The average Bonchev–Trinajstić information content (AvgIpc) is 2.83. The van der Waals surface area contributed by atoms with Crippen LogP contribution in [0.25, 0.3) is 0 Å². The molecule has 0 amide bonds. The molecule has 0 radical (unpaired) electrons.